The lowest BCUT2D eigenvalue weighted by Crippen LogP contribution is -2.35. The van der Waals surface area contributed by atoms with Crippen LogP contribution in [0.3, 0.4) is 0 Å². The zero-order chi connectivity index (χ0) is 20.8. The number of nitrogens with zero attached hydrogens (tertiary/aromatic N) is 1. The van der Waals surface area contributed by atoms with E-state index in [1.165, 1.54) is 0 Å². The Morgan fingerprint density at radius 2 is 1.86 bits per heavy atom. The summed E-state index contributed by atoms with van der Waals surface area (Å²) in [4.78, 5) is 29.4. The van der Waals surface area contributed by atoms with Gasteiger partial charge < -0.3 is 15.2 Å². The molecule has 150 valence electrons. The molecule has 0 spiro atoms. The maximum atomic E-state index is 12.7. The summed E-state index contributed by atoms with van der Waals surface area (Å²) >= 11 is 0. The molecule has 0 unspecified atom stereocenters. The molecule has 2 N–H and O–H groups in total. The number of para-hydroxylation sites is 1. The number of phenolic OH excluding ortho intramolecular Hbond substituents is 1. The number of esters is 1. The van der Waals surface area contributed by atoms with Crippen molar-refractivity contribution in [3.63, 3.8) is 0 Å². The monoisotopic (exact) mass is 392 g/mol. The molecular weight excluding hydrogens is 368 g/mol. The average molecular weight is 392 g/mol. The molecule has 3 aromatic rings. The van der Waals surface area contributed by atoms with Gasteiger partial charge in [0, 0.05) is 17.0 Å². The van der Waals surface area contributed by atoms with Gasteiger partial charge >= 0.3 is 5.97 Å². The summed E-state index contributed by atoms with van der Waals surface area (Å²) in [5.41, 5.74) is 2.32. The van der Waals surface area contributed by atoms with E-state index < -0.39 is 5.97 Å². The fourth-order valence-corrected chi connectivity index (χ4v) is 3.15. The number of aromatic nitrogens is 1. The first-order valence-corrected chi connectivity index (χ1v) is 9.63. The lowest BCUT2D eigenvalue weighted by Gasteiger charge is -2.13. The standard InChI is InChI=1S/C23H24N2O4/c1-3-6-15(2)24-22(27)14-29-23(28)19-13-21(16-9-11-17(26)12-10-16)25-20-8-5-4-7-18(19)20/h4-5,7-13,15,26H,3,6,14H2,1-2H3,(H,24,27)/t15-/m0/s1. The molecule has 6 nitrogen and oxygen atoms in total. The van der Waals surface area contributed by atoms with E-state index in [0.29, 0.717) is 22.2 Å². The maximum absolute atomic E-state index is 12.7. The molecular formula is C23H24N2O4. The lowest BCUT2D eigenvalue weighted by molar-refractivity contribution is -0.124. The molecule has 0 aliphatic heterocycles. The number of carbonyl (C=O) groups is 2. The van der Waals surface area contributed by atoms with Gasteiger partial charge in [-0.2, -0.15) is 0 Å². The molecule has 0 fully saturated rings. The highest BCUT2D eigenvalue weighted by atomic mass is 16.5. The highest BCUT2D eigenvalue weighted by Crippen LogP contribution is 2.26. The third kappa shape index (κ3) is 5.10. The van der Waals surface area contributed by atoms with Gasteiger partial charge in [0.1, 0.15) is 5.75 Å². The van der Waals surface area contributed by atoms with Crippen molar-refractivity contribution in [2.75, 3.05) is 6.61 Å². The predicted molar refractivity (Wildman–Crippen MR) is 112 cm³/mol. The molecule has 3 rings (SSSR count). The number of hydrogen-bond donors (Lipinski definition) is 2. The molecule has 1 aromatic heterocycles. The first-order chi connectivity index (χ1) is 14.0. The molecule has 0 bridgehead atoms. The Labute approximate surface area is 169 Å². The summed E-state index contributed by atoms with van der Waals surface area (Å²) < 4.78 is 5.27. The SMILES string of the molecule is CCC[C@H](C)NC(=O)COC(=O)c1cc(-c2ccc(O)cc2)nc2ccccc12. The average Bonchev–Trinajstić information content (AvgIpc) is 2.72. The predicted octanol–water partition coefficient (Wildman–Crippen LogP) is 4.07. The van der Waals surface area contributed by atoms with Gasteiger partial charge in [0.05, 0.1) is 16.8 Å². The van der Waals surface area contributed by atoms with E-state index in [0.717, 1.165) is 18.4 Å². The molecule has 0 aliphatic carbocycles. The quantitative estimate of drug-likeness (QED) is 0.592. The van der Waals surface area contributed by atoms with E-state index >= 15 is 0 Å². The van der Waals surface area contributed by atoms with Crippen LogP contribution in [-0.4, -0.2) is 34.6 Å². The van der Waals surface area contributed by atoms with Gasteiger partial charge in [0.2, 0.25) is 0 Å². The zero-order valence-electron chi connectivity index (χ0n) is 16.5. The largest absolute Gasteiger partial charge is 0.508 e. The van der Waals surface area contributed by atoms with Crippen molar-refractivity contribution in [3.05, 3.63) is 60.2 Å². The smallest absolute Gasteiger partial charge is 0.339 e. The topological polar surface area (TPSA) is 88.5 Å². The Balaban J connectivity index is 1.84. The number of hydrogen-bond acceptors (Lipinski definition) is 5. The Bertz CT molecular complexity index is 1020. The number of benzene rings is 2. The fraction of sp³-hybridized carbons (Fsp3) is 0.261. The van der Waals surface area contributed by atoms with Crippen molar-refractivity contribution >= 4 is 22.8 Å². The third-order valence-electron chi connectivity index (χ3n) is 4.56. The number of ether oxygens (including phenoxy) is 1. The van der Waals surface area contributed by atoms with Gasteiger partial charge in [-0.1, -0.05) is 31.5 Å². The van der Waals surface area contributed by atoms with E-state index in [1.54, 1.807) is 36.4 Å². The minimum atomic E-state index is -0.582. The number of phenols is 1. The molecule has 1 amide bonds. The van der Waals surface area contributed by atoms with Crippen LogP contribution in [-0.2, 0) is 9.53 Å². The summed E-state index contributed by atoms with van der Waals surface area (Å²) in [5, 5.41) is 13.0. The summed E-state index contributed by atoms with van der Waals surface area (Å²) in [6.45, 7) is 3.63. The van der Waals surface area contributed by atoms with Crippen LogP contribution in [0, 0.1) is 0 Å². The second kappa shape index (κ2) is 9.19. The van der Waals surface area contributed by atoms with Crippen LogP contribution in [0.15, 0.2) is 54.6 Å². The van der Waals surface area contributed by atoms with Crippen molar-refractivity contribution in [1.29, 1.82) is 0 Å². The van der Waals surface area contributed by atoms with Crippen molar-refractivity contribution in [2.24, 2.45) is 0 Å². The van der Waals surface area contributed by atoms with E-state index in [1.807, 2.05) is 32.0 Å². The van der Waals surface area contributed by atoms with Crippen molar-refractivity contribution < 1.29 is 19.4 Å². The molecule has 0 saturated heterocycles. The number of pyridine rings is 1. The number of carbonyl (C=O) groups excluding carboxylic acids is 2. The number of rotatable bonds is 7. The molecule has 2 aromatic carbocycles. The van der Waals surface area contributed by atoms with Crippen LogP contribution in [0.1, 0.15) is 37.0 Å². The van der Waals surface area contributed by atoms with Crippen molar-refractivity contribution in [2.45, 2.75) is 32.7 Å². The molecule has 0 aliphatic rings. The minimum absolute atomic E-state index is 0.0362. The molecule has 1 atom stereocenters. The number of fused-ring (bicyclic) bond motifs is 1. The Morgan fingerprint density at radius 3 is 2.59 bits per heavy atom. The van der Waals surface area contributed by atoms with Gasteiger partial charge in [0.15, 0.2) is 6.61 Å². The molecule has 0 radical (unpaired) electrons. The highest BCUT2D eigenvalue weighted by molar-refractivity contribution is 6.05. The summed E-state index contributed by atoms with van der Waals surface area (Å²) in [7, 11) is 0. The highest BCUT2D eigenvalue weighted by Gasteiger charge is 2.17. The Kier molecular flexibility index (Phi) is 6.44. The second-order valence-electron chi connectivity index (χ2n) is 6.95. The molecule has 1 heterocycles. The summed E-state index contributed by atoms with van der Waals surface area (Å²) in [6.07, 6.45) is 1.83. The van der Waals surface area contributed by atoms with Crippen LogP contribution in [0.5, 0.6) is 5.75 Å². The normalized spacial score (nSPS) is 11.8. The van der Waals surface area contributed by atoms with Crippen LogP contribution < -0.4 is 5.32 Å². The van der Waals surface area contributed by atoms with Crippen molar-refractivity contribution in [1.82, 2.24) is 10.3 Å². The number of amides is 1. The third-order valence-corrected chi connectivity index (χ3v) is 4.56. The van der Waals surface area contributed by atoms with Crippen LogP contribution in [0.4, 0.5) is 0 Å². The zero-order valence-corrected chi connectivity index (χ0v) is 16.5. The number of aromatic hydroxyl groups is 1. The molecule has 0 saturated carbocycles. The van der Waals surface area contributed by atoms with Crippen molar-refractivity contribution in [3.8, 4) is 17.0 Å². The maximum Gasteiger partial charge on any atom is 0.339 e. The van der Waals surface area contributed by atoms with E-state index in [4.69, 9.17) is 4.74 Å². The van der Waals surface area contributed by atoms with Crippen LogP contribution >= 0.6 is 0 Å². The number of nitrogens with one attached hydrogen (secondary N) is 1. The first kappa shape index (κ1) is 20.3. The van der Waals surface area contributed by atoms with Gasteiger partial charge in [-0.3, -0.25) is 4.79 Å². The fourth-order valence-electron chi connectivity index (χ4n) is 3.15. The van der Waals surface area contributed by atoms with Crippen LogP contribution in [0.2, 0.25) is 0 Å². The summed E-state index contributed by atoms with van der Waals surface area (Å²) in [6, 6.07) is 15.5. The van der Waals surface area contributed by atoms with E-state index in [-0.39, 0.29) is 24.3 Å². The lowest BCUT2D eigenvalue weighted by atomic mass is 10.0. The van der Waals surface area contributed by atoms with Gasteiger partial charge in [-0.25, -0.2) is 9.78 Å². The van der Waals surface area contributed by atoms with E-state index in [9.17, 15) is 14.7 Å². The van der Waals surface area contributed by atoms with E-state index in [2.05, 4.69) is 10.3 Å². The van der Waals surface area contributed by atoms with Crippen LogP contribution in [0.25, 0.3) is 22.2 Å². The van der Waals surface area contributed by atoms with Gasteiger partial charge in [-0.05, 0) is 49.7 Å². The van der Waals surface area contributed by atoms with Gasteiger partial charge in [-0.15, -0.1) is 0 Å². The minimum Gasteiger partial charge on any atom is -0.508 e. The Morgan fingerprint density at radius 1 is 1.14 bits per heavy atom. The Hall–Kier alpha value is -3.41. The molecule has 29 heavy (non-hydrogen) atoms. The summed E-state index contributed by atoms with van der Waals surface area (Å²) in [5.74, 6) is -0.754. The second-order valence-corrected chi connectivity index (χ2v) is 6.95. The van der Waals surface area contributed by atoms with Gasteiger partial charge in [0.25, 0.3) is 5.91 Å². The first-order valence-electron chi connectivity index (χ1n) is 9.63. The molecule has 6 heteroatoms.